The lowest BCUT2D eigenvalue weighted by Crippen LogP contribution is -2.44. The predicted octanol–water partition coefficient (Wildman–Crippen LogP) is 0.542. The maximum absolute atomic E-state index is 12.3. The Morgan fingerprint density at radius 3 is 2.29 bits per heavy atom. The molecule has 3 N–H and O–H groups in total. The highest BCUT2D eigenvalue weighted by Gasteiger charge is 2.28. The van der Waals surface area contributed by atoms with E-state index in [9.17, 15) is 18.0 Å². The summed E-state index contributed by atoms with van der Waals surface area (Å²) in [6.45, 7) is 2.78. The molecule has 1 aromatic carbocycles. The van der Waals surface area contributed by atoms with E-state index in [2.05, 4.69) is 0 Å². The molecule has 1 aromatic rings. The summed E-state index contributed by atoms with van der Waals surface area (Å²) in [4.78, 5) is 23.0. The van der Waals surface area contributed by atoms with E-state index in [0.29, 0.717) is 12.0 Å². The second kappa shape index (κ2) is 6.68. The number of nitrogens with zero attached hydrogens (tertiary/aromatic N) is 1. The van der Waals surface area contributed by atoms with Crippen molar-refractivity contribution < 1.29 is 23.1 Å². The van der Waals surface area contributed by atoms with Crippen molar-refractivity contribution in [3.8, 4) is 0 Å². The number of carbonyl (C=O) groups is 2. The van der Waals surface area contributed by atoms with Gasteiger partial charge in [-0.2, -0.15) is 8.42 Å². The smallest absolute Gasteiger partial charge is 0.324 e. The lowest BCUT2D eigenvalue weighted by molar-refractivity contribution is -0.136. The summed E-state index contributed by atoms with van der Waals surface area (Å²) < 4.78 is 23.0. The Labute approximate surface area is 123 Å². The fourth-order valence-corrected chi connectivity index (χ4v) is 2.52. The van der Waals surface area contributed by atoms with E-state index in [0.717, 1.165) is 12.0 Å². The van der Waals surface area contributed by atoms with Gasteiger partial charge < -0.3 is 5.11 Å². The maximum Gasteiger partial charge on any atom is 0.324 e. The SMILES string of the molecule is CCc1ccc(C(=O)N(CC(=O)O)S(N)(=O)=O)c(CC)c1. The second-order valence-electron chi connectivity index (χ2n) is 4.45. The van der Waals surface area contributed by atoms with Gasteiger partial charge in [0.05, 0.1) is 0 Å². The lowest BCUT2D eigenvalue weighted by atomic mass is 10.00. The van der Waals surface area contributed by atoms with Gasteiger partial charge in [-0.05, 0) is 30.0 Å². The fourth-order valence-electron chi connectivity index (χ4n) is 1.90. The standard InChI is InChI=1S/C13H18N2O5S/c1-3-9-5-6-11(10(4-2)7-9)13(18)15(8-12(16)17)21(14,19)20/h5-7H,3-4,8H2,1-2H3,(H,16,17)(H2,14,19,20). The molecule has 1 rings (SSSR count). The zero-order chi connectivity index (χ0) is 16.2. The third-order valence-corrected chi connectivity index (χ3v) is 3.91. The van der Waals surface area contributed by atoms with E-state index in [1.54, 1.807) is 12.1 Å². The molecule has 0 fully saturated rings. The quantitative estimate of drug-likeness (QED) is 0.794. The van der Waals surface area contributed by atoms with Crippen LogP contribution in [0, 0.1) is 0 Å². The number of carboxylic acids is 1. The van der Waals surface area contributed by atoms with E-state index in [1.165, 1.54) is 6.07 Å². The van der Waals surface area contributed by atoms with Crippen molar-refractivity contribution in [2.24, 2.45) is 5.14 Å². The average Bonchev–Trinajstić information content (AvgIpc) is 2.41. The Kier molecular flexibility index (Phi) is 5.45. The summed E-state index contributed by atoms with van der Waals surface area (Å²) >= 11 is 0. The number of nitrogens with two attached hydrogens (primary N) is 1. The highest BCUT2D eigenvalue weighted by Crippen LogP contribution is 2.17. The molecule has 0 heterocycles. The molecule has 0 saturated carbocycles. The van der Waals surface area contributed by atoms with Gasteiger partial charge in [-0.15, -0.1) is 0 Å². The van der Waals surface area contributed by atoms with Crippen molar-refractivity contribution in [1.82, 2.24) is 4.31 Å². The Balaban J connectivity index is 3.30. The molecular formula is C13H18N2O5S. The summed E-state index contributed by atoms with van der Waals surface area (Å²) in [6, 6.07) is 5.00. The minimum atomic E-state index is -4.45. The van der Waals surface area contributed by atoms with Crippen LogP contribution < -0.4 is 5.14 Å². The molecule has 0 aromatic heterocycles. The molecule has 8 heteroatoms. The molecule has 0 radical (unpaired) electrons. The molecule has 0 atom stereocenters. The Hall–Kier alpha value is -1.93. The molecule has 7 nitrogen and oxygen atoms in total. The number of carboxylic acid groups (broad SMARTS) is 1. The van der Waals surface area contributed by atoms with Crippen LogP contribution in [0.1, 0.15) is 35.3 Å². The number of hydrogen-bond acceptors (Lipinski definition) is 4. The van der Waals surface area contributed by atoms with Gasteiger partial charge in [0.15, 0.2) is 0 Å². The van der Waals surface area contributed by atoms with Crippen LogP contribution in [-0.4, -0.2) is 36.3 Å². The van der Waals surface area contributed by atoms with Crippen molar-refractivity contribution >= 4 is 22.1 Å². The highest BCUT2D eigenvalue weighted by atomic mass is 32.2. The Morgan fingerprint density at radius 2 is 1.86 bits per heavy atom. The number of amides is 1. The van der Waals surface area contributed by atoms with Crippen LogP contribution in [-0.2, 0) is 27.8 Å². The highest BCUT2D eigenvalue weighted by molar-refractivity contribution is 7.87. The first kappa shape index (κ1) is 17.1. The molecule has 0 spiro atoms. The number of rotatable bonds is 6. The van der Waals surface area contributed by atoms with Gasteiger partial charge in [-0.3, -0.25) is 9.59 Å². The number of hydrogen-bond donors (Lipinski definition) is 2. The second-order valence-corrected chi connectivity index (χ2v) is 5.92. The third kappa shape index (κ3) is 4.27. The van der Waals surface area contributed by atoms with Crippen molar-refractivity contribution in [1.29, 1.82) is 0 Å². The Bertz CT molecular complexity index is 655. The molecule has 116 valence electrons. The first-order valence-electron chi connectivity index (χ1n) is 6.39. The maximum atomic E-state index is 12.3. The number of carbonyl (C=O) groups excluding carboxylic acids is 1. The summed E-state index contributed by atoms with van der Waals surface area (Å²) in [7, 11) is -4.45. The van der Waals surface area contributed by atoms with Crippen LogP contribution in [0.5, 0.6) is 0 Å². The summed E-state index contributed by atoms with van der Waals surface area (Å²) in [5, 5.41) is 13.7. The van der Waals surface area contributed by atoms with Gasteiger partial charge in [-0.1, -0.05) is 26.0 Å². The van der Waals surface area contributed by atoms with Crippen LogP contribution in [0.2, 0.25) is 0 Å². The predicted molar refractivity (Wildman–Crippen MR) is 77.0 cm³/mol. The normalized spacial score (nSPS) is 11.2. The summed E-state index contributed by atoms with van der Waals surface area (Å²) in [6.07, 6.45) is 1.29. The molecule has 0 bridgehead atoms. The van der Waals surface area contributed by atoms with Crippen molar-refractivity contribution in [2.45, 2.75) is 26.7 Å². The monoisotopic (exact) mass is 314 g/mol. The number of aryl methyl sites for hydroxylation is 2. The van der Waals surface area contributed by atoms with Gasteiger partial charge in [0.25, 0.3) is 5.91 Å². The zero-order valence-electron chi connectivity index (χ0n) is 11.9. The summed E-state index contributed by atoms with van der Waals surface area (Å²) in [5.41, 5.74) is 1.80. The first-order valence-corrected chi connectivity index (χ1v) is 7.89. The number of aliphatic carboxylic acids is 1. The largest absolute Gasteiger partial charge is 0.480 e. The molecule has 0 saturated heterocycles. The van der Waals surface area contributed by atoms with E-state index < -0.39 is 28.6 Å². The molecule has 0 aliphatic heterocycles. The van der Waals surface area contributed by atoms with Gasteiger partial charge in [0.2, 0.25) is 0 Å². The Morgan fingerprint density at radius 1 is 1.24 bits per heavy atom. The van der Waals surface area contributed by atoms with Crippen LogP contribution >= 0.6 is 0 Å². The van der Waals surface area contributed by atoms with E-state index in [4.69, 9.17) is 10.2 Å². The van der Waals surface area contributed by atoms with Crippen LogP contribution in [0.15, 0.2) is 18.2 Å². The van der Waals surface area contributed by atoms with Crippen molar-refractivity contribution in [3.05, 3.63) is 34.9 Å². The van der Waals surface area contributed by atoms with Gasteiger partial charge in [-0.25, -0.2) is 9.44 Å². The third-order valence-electron chi connectivity index (χ3n) is 3.00. The minimum absolute atomic E-state index is 0.143. The van der Waals surface area contributed by atoms with Gasteiger partial charge >= 0.3 is 16.2 Å². The fraction of sp³-hybridized carbons (Fsp3) is 0.385. The lowest BCUT2D eigenvalue weighted by Gasteiger charge is -2.19. The molecule has 0 aliphatic carbocycles. The van der Waals surface area contributed by atoms with E-state index >= 15 is 0 Å². The van der Waals surface area contributed by atoms with Gasteiger partial charge in [0, 0.05) is 5.56 Å². The van der Waals surface area contributed by atoms with Crippen molar-refractivity contribution in [2.75, 3.05) is 6.54 Å². The van der Waals surface area contributed by atoms with Crippen LogP contribution in [0.4, 0.5) is 0 Å². The zero-order valence-corrected chi connectivity index (χ0v) is 12.7. The first-order chi connectivity index (χ1) is 9.70. The van der Waals surface area contributed by atoms with E-state index in [-0.39, 0.29) is 9.87 Å². The molecule has 0 unspecified atom stereocenters. The summed E-state index contributed by atoms with van der Waals surface area (Å²) in [5.74, 6) is -2.39. The number of benzene rings is 1. The molecular weight excluding hydrogens is 296 g/mol. The average molecular weight is 314 g/mol. The van der Waals surface area contributed by atoms with Crippen molar-refractivity contribution in [3.63, 3.8) is 0 Å². The van der Waals surface area contributed by atoms with Crippen LogP contribution in [0.25, 0.3) is 0 Å². The van der Waals surface area contributed by atoms with Gasteiger partial charge in [0.1, 0.15) is 6.54 Å². The van der Waals surface area contributed by atoms with E-state index in [1.807, 2.05) is 13.8 Å². The molecule has 0 aliphatic rings. The minimum Gasteiger partial charge on any atom is -0.480 e. The topological polar surface area (TPSA) is 118 Å². The molecule has 1 amide bonds. The van der Waals surface area contributed by atoms with Crippen LogP contribution in [0.3, 0.4) is 0 Å². The molecule has 21 heavy (non-hydrogen) atoms.